The maximum Gasteiger partial charge on any atom is 0.270 e. The van der Waals surface area contributed by atoms with Crippen molar-refractivity contribution < 1.29 is 9.59 Å². The fraction of sp³-hybridized carbons (Fsp3) is 0.176. The van der Waals surface area contributed by atoms with Crippen LogP contribution in [0.3, 0.4) is 0 Å². The second kappa shape index (κ2) is 7.18. The fourth-order valence-corrected chi connectivity index (χ4v) is 1.86. The van der Waals surface area contributed by atoms with Gasteiger partial charge >= 0.3 is 0 Å². The van der Waals surface area contributed by atoms with Crippen molar-refractivity contribution in [2.45, 2.75) is 19.9 Å². The van der Waals surface area contributed by atoms with Crippen LogP contribution < -0.4 is 10.6 Å². The lowest BCUT2D eigenvalue weighted by atomic mass is 10.2. The smallest absolute Gasteiger partial charge is 0.270 e. The summed E-state index contributed by atoms with van der Waals surface area (Å²) < 4.78 is 0. The Labute approximate surface area is 134 Å². The third-order valence-corrected chi connectivity index (χ3v) is 2.95. The van der Waals surface area contributed by atoms with E-state index in [1.54, 1.807) is 24.3 Å². The maximum absolute atomic E-state index is 12.2. The number of hydrogen-bond acceptors (Lipinski definition) is 4. The SMILES string of the molecule is CC(C)NC(=O)c1cc(C(=O)Nc2ccc(C#N)cc2)ccn1. The lowest BCUT2D eigenvalue weighted by molar-refractivity contribution is 0.0938. The number of amides is 2. The van der Waals surface area contributed by atoms with E-state index in [9.17, 15) is 9.59 Å². The Hall–Kier alpha value is -3.20. The molecule has 0 bridgehead atoms. The van der Waals surface area contributed by atoms with Gasteiger partial charge in [-0.25, -0.2) is 0 Å². The highest BCUT2D eigenvalue weighted by Gasteiger charge is 2.12. The summed E-state index contributed by atoms with van der Waals surface area (Å²) in [7, 11) is 0. The van der Waals surface area contributed by atoms with E-state index in [1.807, 2.05) is 19.9 Å². The van der Waals surface area contributed by atoms with Crippen molar-refractivity contribution in [2.24, 2.45) is 0 Å². The van der Waals surface area contributed by atoms with E-state index in [1.165, 1.54) is 18.3 Å². The van der Waals surface area contributed by atoms with Gasteiger partial charge in [-0.05, 0) is 50.2 Å². The van der Waals surface area contributed by atoms with Crippen LogP contribution in [-0.4, -0.2) is 22.8 Å². The Bertz CT molecular complexity index is 761. The monoisotopic (exact) mass is 308 g/mol. The standard InChI is InChI=1S/C17H16N4O2/c1-11(2)20-17(23)15-9-13(7-8-19-15)16(22)21-14-5-3-12(10-18)4-6-14/h3-9,11H,1-2H3,(H,20,23)(H,21,22). The molecule has 1 heterocycles. The van der Waals surface area contributed by atoms with Crippen LogP contribution in [0, 0.1) is 11.3 Å². The molecular formula is C17H16N4O2. The van der Waals surface area contributed by atoms with Gasteiger partial charge in [-0.3, -0.25) is 14.6 Å². The molecule has 0 saturated carbocycles. The van der Waals surface area contributed by atoms with Gasteiger partial charge < -0.3 is 10.6 Å². The van der Waals surface area contributed by atoms with Crippen LogP contribution >= 0.6 is 0 Å². The van der Waals surface area contributed by atoms with Crippen LogP contribution in [0.1, 0.15) is 40.3 Å². The average molecular weight is 308 g/mol. The molecule has 2 N–H and O–H groups in total. The van der Waals surface area contributed by atoms with E-state index in [0.717, 1.165) is 0 Å². The van der Waals surface area contributed by atoms with Crippen LogP contribution in [0.4, 0.5) is 5.69 Å². The Morgan fingerprint density at radius 3 is 2.43 bits per heavy atom. The predicted molar refractivity (Wildman–Crippen MR) is 85.9 cm³/mol. The topological polar surface area (TPSA) is 94.9 Å². The van der Waals surface area contributed by atoms with Gasteiger partial charge in [0.25, 0.3) is 11.8 Å². The highest BCUT2D eigenvalue weighted by atomic mass is 16.2. The molecule has 0 aliphatic heterocycles. The van der Waals surface area contributed by atoms with Crippen molar-refractivity contribution in [3.8, 4) is 6.07 Å². The van der Waals surface area contributed by atoms with Crippen LogP contribution in [0.2, 0.25) is 0 Å². The molecule has 0 aliphatic rings. The average Bonchev–Trinajstić information content (AvgIpc) is 2.55. The third kappa shape index (κ3) is 4.38. The first kappa shape index (κ1) is 16.2. The summed E-state index contributed by atoms with van der Waals surface area (Å²) in [4.78, 5) is 28.1. The molecule has 23 heavy (non-hydrogen) atoms. The van der Waals surface area contributed by atoms with Crippen molar-refractivity contribution in [2.75, 3.05) is 5.32 Å². The largest absolute Gasteiger partial charge is 0.349 e. The Balaban J connectivity index is 2.13. The number of carbonyl (C=O) groups is 2. The summed E-state index contributed by atoms with van der Waals surface area (Å²) in [6.45, 7) is 3.69. The molecule has 0 radical (unpaired) electrons. The van der Waals surface area contributed by atoms with Crippen molar-refractivity contribution in [1.29, 1.82) is 5.26 Å². The highest BCUT2D eigenvalue weighted by Crippen LogP contribution is 2.11. The Morgan fingerprint density at radius 1 is 1.13 bits per heavy atom. The number of carbonyl (C=O) groups excluding carboxylic acids is 2. The van der Waals surface area contributed by atoms with Crippen molar-refractivity contribution in [1.82, 2.24) is 10.3 Å². The van der Waals surface area contributed by atoms with E-state index >= 15 is 0 Å². The van der Waals surface area contributed by atoms with Crippen molar-refractivity contribution >= 4 is 17.5 Å². The number of anilines is 1. The number of benzene rings is 1. The Morgan fingerprint density at radius 2 is 1.83 bits per heavy atom. The first-order valence-corrected chi connectivity index (χ1v) is 7.08. The van der Waals surface area contributed by atoms with Gasteiger partial charge in [0.15, 0.2) is 0 Å². The van der Waals surface area contributed by atoms with Gasteiger partial charge in [-0.2, -0.15) is 5.26 Å². The number of rotatable bonds is 4. The van der Waals surface area contributed by atoms with Gasteiger partial charge in [0, 0.05) is 23.5 Å². The van der Waals surface area contributed by atoms with E-state index in [2.05, 4.69) is 15.6 Å². The van der Waals surface area contributed by atoms with E-state index in [-0.39, 0.29) is 23.6 Å². The number of aromatic nitrogens is 1. The van der Waals surface area contributed by atoms with Crippen LogP contribution in [-0.2, 0) is 0 Å². The molecule has 2 rings (SSSR count). The normalized spacial score (nSPS) is 10.0. The number of nitrogens with zero attached hydrogens (tertiary/aromatic N) is 2. The first-order valence-electron chi connectivity index (χ1n) is 7.08. The molecule has 2 amide bonds. The zero-order chi connectivity index (χ0) is 16.8. The van der Waals surface area contributed by atoms with Crippen LogP contribution in [0.15, 0.2) is 42.6 Å². The summed E-state index contributed by atoms with van der Waals surface area (Å²) in [5, 5.41) is 14.2. The van der Waals surface area contributed by atoms with Crippen LogP contribution in [0.5, 0.6) is 0 Å². The van der Waals surface area contributed by atoms with Crippen molar-refractivity contribution in [3.63, 3.8) is 0 Å². The van der Waals surface area contributed by atoms with E-state index in [0.29, 0.717) is 16.8 Å². The summed E-state index contributed by atoms with van der Waals surface area (Å²) in [5.74, 6) is -0.677. The summed E-state index contributed by atoms with van der Waals surface area (Å²) in [5.41, 5.74) is 1.60. The molecule has 2 aromatic rings. The van der Waals surface area contributed by atoms with Crippen LogP contribution in [0.25, 0.3) is 0 Å². The number of hydrogen-bond donors (Lipinski definition) is 2. The lowest BCUT2D eigenvalue weighted by Gasteiger charge is -2.09. The van der Waals surface area contributed by atoms with Gasteiger partial charge in [-0.15, -0.1) is 0 Å². The second-order valence-corrected chi connectivity index (χ2v) is 5.20. The number of pyridine rings is 1. The molecule has 6 nitrogen and oxygen atoms in total. The first-order chi connectivity index (χ1) is 11.0. The van der Waals surface area contributed by atoms with E-state index < -0.39 is 0 Å². The fourth-order valence-electron chi connectivity index (χ4n) is 1.86. The molecule has 116 valence electrons. The zero-order valence-corrected chi connectivity index (χ0v) is 12.8. The summed E-state index contributed by atoms with van der Waals surface area (Å²) in [6.07, 6.45) is 1.42. The number of nitriles is 1. The van der Waals surface area contributed by atoms with Crippen molar-refractivity contribution in [3.05, 3.63) is 59.4 Å². The zero-order valence-electron chi connectivity index (χ0n) is 12.8. The molecule has 0 aliphatic carbocycles. The maximum atomic E-state index is 12.2. The molecular weight excluding hydrogens is 292 g/mol. The lowest BCUT2D eigenvalue weighted by Crippen LogP contribution is -2.31. The molecule has 0 saturated heterocycles. The quantitative estimate of drug-likeness (QED) is 0.906. The van der Waals surface area contributed by atoms with Gasteiger partial charge in [0.2, 0.25) is 0 Å². The molecule has 6 heteroatoms. The minimum Gasteiger partial charge on any atom is -0.349 e. The highest BCUT2D eigenvalue weighted by molar-refractivity contribution is 6.05. The molecule has 0 unspecified atom stereocenters. The molecule has 1 aromatic carbocycles. The number of nitrogens with one attached hydrogen (secondary N) is 2. The summed E-state index contributed by atoms with van der Waals surface area (Å²) in [6, 6.07) is 11.5. The van der Waals surface area contributed by atoms with E-state index in [4.69, 9.17) is 5.26 Å². The Kier molecular flexibility index (Phi) is 5.05. The predicted octanol–water partition coefficient (Wildman–Crippen LogP) is 2.34. The molecule has 0 atom stereocenters. The van der Waals surface area contributed by atoms with Gasteiger partial charge in [0.05, 0.1) is 11.6 Å². The minimum atomic E-state index is -0.351. The van der Waals surface area contributed by atoms with Gasteiger partial charge in [-0.1, -0.05) is 0 Å². The molecule has 1 aromatic heterocycles. The third-order valence-electron chi connectivity index (χ3n) is 2.95. The summed E-state index contributed by atoms with van der Waals surface area (Å²) >= 11 is 0. The van der Waals surface area contributed by atoms with Gasteiger partial charge in [0.1, 0.15) is 5.69 Å². The second-order valence-electron chi connectivity index (χ2n) is 5.20. The molecule has 0 spiro atoms. The minimum absolute atomic E-state index is 0.0135. The molecule has 0 fully saturated rings.